The minimum absolute atomic E-state index is 0.0924. The van der Waals surface area contributed by atoms with E-state index >= 15 is 0 Å². The second kappa shape index (κ2) is 5.84. The Hall–Kier alpha value is -2.20. The van der Waals surface area contributed by atoms with E-state index in [1.807, 2.05) is 13.0 Å². The van der Waals surface area contributed by atoms with Crippen molar-refractivity contribution in [2.45, 2.75) is 13.5 Å². The lowest BCUT2D eigenvalue weighted by Gasteiger charge is -2.10. The Morgan fingerprint density at radius 3 is 2.85 bits per heavy atom. The number of hydrogen-bond donors (Lipinski definition) is 3. The number of anilines is 1. The lowest BCUT2D eigenvalue weighted by atomic mass is 10.1. The van der Waals surface area contributed by atoms with Crippen LogP contribution in [0, 0.1) is 6.92 Å². The highest BCUT2D eigenvalue weighted by atomic mass is 35.5. The molecule has 0 heterocycles. The average molecular weight is 291 g/mol. The van der Waals surface area contributed by atoms with Crippen molar-refractivity contribution in [2.24, 2.45) is 0 Å². The van der Waals surface area contributed by atoms with Gasteiger partial charge in [-0.15, -0.1) is 0 Å². The second-order valence-electron chi connectivity index (χ2n) is 4.51. The lowest BCUT2D eigenvalue weighted by molar-refractivity contribution is 0.0951. The van der Waals surface area contributed by atoms with Gasteiger partial charge in [-0.3, -0.25) is 4.79 Å². The highest BCUT2D eigenvalue weighted by Gasteiger charge is 2.12. The summed E-state index contributed by atoms with van der Waals surface area (Å²) < 4.78 is 0. The highest BCUT2D eigenvalue weighted by molar-refractivity contribution is 6.34. The van der Waals surface area contributed by atoms with Gasteiger partial charge in [0.25, 0.3) is 5.91 Å². The molecular formula is C15H15ClN2O2. The van der Waals surface area contributed by atoms with Gasteiger partial charge >= 0.3 is 0 Å². The smallest absolute Gasteiger partial charge is 0.253 e. The molecule has 0 saturated carbocycles. The first-order valence-corrected chi connectivity index (χ1v) is 6.47. The molecule has 20 heavy (non-hydrogen) atoms. The van der Waals surface area contributed by atoms with Gasteiger partial charge < -0.3 is 16.2 Å². The molecule has 0 aliphatic rings. The van der Waals surface area contributed by atoms with Gasteiger partial charge in [-0.1, -0.05) is 23.7 Å². The molecule has 0 saturated heterocycles. The predicted molar refractivity (Wildman–Crippen MR) is 79.9 cm³/mol. The van der Waals surface area contributed by atoms with E-state index in [4.69, 9.17) is 17.3 Å². The van der Waals surface area contributed by atoms with Crippen LogP contribution in [0.25, 0.3) is 0 Å². The van der Waals surface area contributed by atoms with E-state index in [0.717, 1.165) is 5.56 Å². The quantitative estimate of drug-likeness (QED) is 0.601. The molecule has 0 unspecified atom stereocenters. The number of phenols is 1. The van der Waals surface area contributed by atoms with Crippen LogP contribution in [0.5, 0.6) is 5.75 Å². The fraction of sp³-hybridized carbons (Fsp3) is 0.133. The van der Waals surface area contributed by atoms with Gasteiger partial charge in [0.05, 0.1) is 10.6 Å². The number of halogens is 1. The van der Waals surface area contributed by atoms with Crippen molar-refractivity contribution in [3.05, 3.63) is 58.1 Å². The summed E-state index contributed by atoms with van der Waals surface area (Å²) in [5, 5.41) is 12.8. The normalized spacial score (nSPS) is 10.3. The summed E-state index contributed by atoms with van der Waals surface area (Å²) in [4.78, 5) is 12.1. The van der Waals surface area contributed by atoms with Gasteiger partial charge in [-0.2, -0.15) is 0 Å². The summed E-state index contributed by atoms with van der Waals surface area (Å²) in [6.07, 6.45) is 0. The number of phenolic OH excluding ortho intramolecular Hbond substituents is 1. The predicted octanol–water partition coefficient (Wildman–Crippen LogP) is 2.87. The first kappa shape index (κ1) is 14.2. The molecule has 104 valence electrons. The van der Waals surface area contributed by atoms with Gasteiger partial charge in [-0.05, 0) is 36.8 Å². The number of aryl methyl sites for hydroxylation is 1. The molecule has 0 aliphatic heterocycles. The molecule has 4 N–H and O–H groups in total. The number of carbonyl (C=O) groups excluding carboxylic acids is 1. The van der Waals surface area contributed by atoms with Crippen LogP contribution < -0.4 is 11.1 Å². The number of nitrogens with two attached hydrogens (primary N) is 1. The van der Waals surface area contributed by atoms with Crippen molar-refractivity contribution < 1.29 is 9.90 Å². The van der Waals surface area contributed by atoms with Crippen molar-refractivity contribution in [1.82, 2.24) is 5.32 Å². The van der Waals surface area contributed by atoms with E-state index in [1.165, 1.54) is 6.07 Å². The number of benzene rings is 2. The van der Waals surface area contributed by atoms with Crippen molar-refractivity contribution in [3.63, 3.8) is 0 Å². The highest BCUT2D eigenvalue weighted by Crippen LogP contribution is 2.22. The maximum Gasteiger partial charge on any atom is 0.253 e. The van der Waals surface area contributed by atoms with E-state index < -0.39 is 0 Å². The van der Waals surface area contributed by atoms with Crippen LogP contribution in [0.15, 0.2) is 36.4 Å². The molecule has 1 amide bonds. The largest absolute Gasteiger partial charge is 0.508 e. The fourth-order valence-electron chi connectivity index (χ4n) is 1.84. The van der Waals surface area contributed by atoms with Crippen LogP contribution in [0.1, 0.15) is 21.5 Å². The average Bonchev–Trinajstić information content (AvgIpc) is 2.42. The molecule has 0 aromatic heterocycles. The third-order valence-electron chi connectivity index (χ3n) is 2.98. The Kier molecular flexibility index (Phi) is 4.15. The molecule has 0 atom stereocenters. The third kappa shape index (κ3) is 3.03. The summed E-state index contributed by atoms with van der Waals surface area (Å²) in [7, 11) is 0. The first-order valence-electron chi connectivity index (χ1n) is 6.09. The summed E-state index contributed by atoms with van der Waals surface area (Å²) in [5.41, 5.74) is 7.98. The van der Waals surface area contributed by atoms with Crippen LogP contribution in [0.4, 0.5) is 5.69 Å². The molecule has 4 nitrogen and oxygen atoms in total. The van der Waals surface area contributed by atoms with Gasteiger partial charge in [-0.25, -0.2) is 0 Å². The maximum absolute atomic E-state index is 12.1. The number of hydrogen-bond acceptors (Lipinski definition) is 3. The Morgan fingerprint density at radius 2 is 2.10 bits per heavy atom. The summed E-state index contributed by atoms with van der Waals surface area (Å²) >= 11 is 6.10. The van der Waals surface area contributed by atoms with Crippen LogP contribution in [0.2, 0.25) is 5.02 Å². The Balaban J connectivity index is 2.13. The zero-order chi connectivity index (χ0) is 14.7. The molecule has 5 heteroatoms. The standard InChI is InChI=1S/C15H15ClN2O2/c1-9-3-2-4-12(14(9)16)15(20)18-8-10-7-11(17)5-6-13(10)19/h2-7,19H,8,17H2,1H3,(H,18,20). The van der Waals surface area contributed by atoms with E-state index in [0.29, 0.717) is 21.8 Å². The molecule has 2 aromatic rings. The Bertz CT molecular complexity index is 656. The van der Waals surface area contributed by atoms with Crippen LogP contribution in [-0.4, -0.2) is 11.0 Å². The molecule has 2 aromatic carbocycles. The minimum Gasteiger partial charge on any atom is -0.508 e. The van der Waals surface area contributed by atoms with Crippen molar-refractivity contribution in [3.8, 4) is 5.75 Å². The van der Waals surface area contributed by atoms with E-state index in [-0.39, 0.29) is 18.2 Å². The zero-order valence-electron chi connectivity index (χ0n) is 11.0. The van der Waals surface area contributed by atoms with Gasteiger partial charge in [0.2, 0.25) is 0 Å². The van der Waals surface area contributed by atoms with E-state index in [2.05, 4.69) is 5.32 Å². The number of rotatable bonds is 3. The number of carbonyl (C=O) groups is 1. The van der Waals surface area contributed by atoms with Crippen molar-refractivity contribution in [1.29, 1.82) is 0 Å². The molecule has 0 bridgehead atoms. The van der Waals surface area contributed by atoms with Gasteiger partial charge in [0, 0.05) is 17.8 Å². The fourth-order valence-corrected chi connectivity index (χ4v) is 2.05. The van der Waals surface area contributed by atoms with E-state index in [1.54, 1.807) is 24.3 Å². The summed E-state index contributed by atoms with van der Waals surface area (Å²) in [6.45, 7) is 2.02. The number of aromatic hydroxyl groups is 1. The Morgan fingerprint density at radius 1 is 1.35 bits per heavy atom. The topological polar surface area (TPSA) is 75.4 Å². The monoisotopic (exact) mass is 290 g/mol. The lowest BCUT2D eigenvalue weighted by Crippen LogP contribution is -2.23. The van der Waals surface area contributed by atoms with Gasteiger partial charge in [0.1, 0.15) is 5.75 Å². The number of nitrogens with one attached hydrogen (secondary N) is 1. The number of nitrogen functional groups attached to an aromatic ring is 1. The maximum atomic E-state index is 12.1. The third-order valence-corrected chi connectivity index (χ3v) is 3.48. The molecule has 0 spiro atoms. The molecule has 2 rings (SSSR count). The van der Waals surface area contributed by atoms with Crippen LogP contribution in [-0.2, 0) is 6.54 Å². The first-order chi connectivity index (χ1) is 9.49. The van der Waals surface area contributed by atoms with Crippen LogP contribution >= 0.6 is 11.6 Å². The molecular weight excluding hydrogens is 276 g/mol. The van der Waals surface area contributed by atoms with Crippen molar-refractivity contribution >= 4 is 23.2 Å². The SMILES string of the molecule is Cc1cccc(C(=O)NCc2cc(N)ccc2O)c1Cl. The summed E-state index contributed by atoms with van der Waals surface area (Å²) in [6, 6.07) is 9.98. The van der Waals surface area contributed by atoms with E-state index in [9.17, 15) is 9.90 Å². The molecule has 0 fully saturated rings. The number of amides is 1. The second-order valence-corrected chi connectivity index (χ2v) is 4.89. The molecule has 0 radical (unpaired) electrons. The van der Waals surface area contributed by atoms with Crippen LogP contribution in [0.3, 0.4) is 0 Å². The summed E-state index contributed by atoms with van der Waals surface area (Å²) in [5.74, 6) is -0.199. The van der Waals surface area contributed by atoms with Crippen molar-refractivity contribution in [2.75, 3.05) is 5.73 Å². The Labute approximate surface area is 122 Å². The molecule has 0 aliphatic carbocycles. The minimum atomic E-state index is -0.291. The zero-order valence-corrected chi connectivity index (χ0v) is 11.7. The van der Waals surface area contributed by atoms with Gasteiger partial charge in [0.15, 0.2) is 0 Å².